The van der Waals surface area contributed by atoms with E-state index in [1.165, 1.54) is 6.07 Å². The van der Waals surface area contributed by atoms with Gasteiger partial charge in [-0.2, -0.15) is 0 Å². The molecule has 0 saturated carbocycles. The number of aliphatic hydroxyl groups is 1. The molecule has 0 spiro atoms. The van der Waals surface area contributed by atoms with Crippen LogP contribution in [0, 0.1) is 11.6 Å². The predicted octanol–water partition coefficient (Wildman–Crippen LogP) is 1.73. The number of carboxylic acids is 1. The Morgan fingerprint density at radius 3 is 2.62 bits per heavy atom. The Kier molecular flexibility index (Phi) is 4.37. The van der Waals surface area contributed by atoms with E-state index in [2.05, 4.69) is 0 Å². The Morgan fingerprint density at radius 1 is 1.38 bits per heavy atom. The van der Waals surface area contributed by atoms with Crippen molar-refractivity contribution in [3.8, 4) is 0 Å². The average Bonchev–Trinajstić information content (AvgIpc) is 2.20. The predicted molar refractivity (Wildman–Crippen MR) is 52.9 cm³/mol. The lowest BCUT2D eigenvalue weighted by molar-refractivity contribution is -0.146. The molecule has 16 heavy (non-hydrogen) atoms. The molecule has 0 aliphatic carbocycles. The van der Waals surface area contributed by atoms with Crippen molar-refractivity contribution in [3.63, 3.8) is 0 Å². The van der Waals surface area contributed by atoms with E-state index in [4.69, 9.17) is 10.2 Å². The van der Waals surface area contributed by atoms with Crippen LogP contribution in [0.3, 0.4) is 0 Å². The van der Waals surface area contributed by atoms with E-state index in [1.54, 1.807) is 0 Å². The van der Waals surface area contributed by atoms with Gasteiger partial charge < -0.3 is 10.2 Å². The number of hydrogen-bond donors (Lipinski definition) is 2. The van der Waals surface area contributed by atoms with Crippen LogP contribution in [0.2, 0.25) is 0 Å². The van der Waals surface area contributed by atoms with Crippen LogP contribution in [0.4, 0.5) is 8.78 Å². The molecule has 3 nitrogen and oxygen atoms in total. The van der Waals surface area contributed by atoms with Crippen molar-refractivity contribution in [3.05, 3.63) is 35.4 Å². The molecule has 1 atom stereocenters. The van der Waals surface area contributed by atoms with Crippen molar-refractivity contribution in [1.82, 2.24) is 0 Å². The molecule has 88 valence electrons. The van der Waals surface area contributed by atoms with Crippen LogP contribution in [-0.2, 0) is 11.2 Å². The van der Waals surface area contributed by atoms with Gasteiger partial charge in [0.05, 0.1) is 0 Å². The number of benzene rings is 1. The maximum absolute atomic E-state index is 13.1. The van der Waals surface area contributed by atoms with E-state index >= 15 is 0 Å². The molecule has 2 N–H and O–H groups in total. The zero-order valence-corrected chi connectivity index (χ0v) is 8.49. The van der Waals surface area contributed by atoms with Gasteiger partial charge in [-0.05, 0) is 30.9 Å². The van der Waals surface area contributed by atoms with E-state index < -0.39 is 23.7 Å². The molecule has 1 aromatic rings. The second kappa shape index (κ2) is 5.55. The molecule has 5 heteroatoms. The zero-order valence-electron chi connectivity index (χ0n) is 8.49. The fourth-order valence-corrected chi connectivity index (χ4v) is 1.33. The number of carboxylic acid groups (broad SMARTS) is 1. The minimum Gasteiger partial charge on any atom is -0.479 e. The number of halogens is 2. The molecule has 0 amide bonds. The van der Waals surface area contributed by atoms with Crippen molar-refractivity contribution in [2.75, 3.05) is 0 Å². The van der Waals surface area contributed by atoms with Crippen molar-refractivity contribution in [2.45, 2.75) is 25.4 Å². The molecule has 0 aliphatic heterocycles. The first kappa shape index (κ1) is 12.6. The van der Waals surface area contributed by atoms with Crippen LogP contribution in [0.5, 0.6) is 0 Å². The topological polar surface area (TPSA) is 57.5 Å². The molecule has 0 radical (unpaired) electrons. The third-order valence-corrected chi connectivity index (χ3v) is 2.22. The Hall–Kier alpha value is -1.49. The highest BCUT2D eigenvalue weighted by Crippen LogP contribution is 2.13. The van der Waals surface area contributed by atoms with Gasteiger partial charge in [0, 0.05) is 6.07 Å². The van der Waals surface area contributed by atoms with Crippen molar-refractivity contribution in [2.24, 2.45) is 0 Å². The van der Waals surface area contributed by atoms with Crippen LogP contribution >= 0.6 is 0 Å². The number of aliphatic carboxylic acids is 1. The molecule has 0 heterocycles. The summed E-state index contributed by atoms with van der Waals surface area (Å²) >= 11 is 0. The van der Waals surface area contributed by atoms with Crippen LogP contribution in [-0.4, -0.2) is 22.3 Å². The SMILES string of the molecule is O=C(O)C(O)CCCc1ccc(F)cc1F. The summed E-state index contributed by atoms with van der Waals surface area (Å²) in [4.78, 5) is 10.3. The summed E-state index contributed by atoms with van der Waals surface area (Å²) in [7, 11) is 0. The second-order valence-electron chi connectivity index (χ2n) is 3.48. The first-order chi connectivity index (χ1) is 7.50. The average molecular weight is 230 g/mol. The third kappa shape index (κ3) is 3.58. The summed E-state index contributed by atoms with van der Waals surface area (Å²) in [6, 6.07) is 3.24. The van der Waals surface area contributed by atoms with Crippen molar-refractivity contribution < 1.29 is 23.8 Å². The lowest BCUT2D eigenvalue weighted by Crippen LogP contribution is -2.19. The van der Waals surface area contributed by atoms with Gasteiger partial charge in [0.25, 0.3) is 0 Å². The quantitative estimate of drug-likeness (QED) is 0.809. The Balaban J connectivity index is 2.46. The standard InChI is InChI=1S/C11H12F2O3/c12-8-5-4-7(9(13)6-8)2-1-3-10(14)11(15)16/h4-6,10,14H,1-3H2,(H,15,16). The molecule has 0 aromatic heterocycles. The van der Waals surface area contributed by atoms with Gasteiger partial charge in [-0.3, -0.25) is 0 Å². The maximum atomic E-state index is 13.1. The van der Waals surface area contributed by atoms with Gasteiger partial charge in [0.1, 0.15) is 11.6 Å². The molecule has 1 aromatic carbocycles. The summed E-state index contributed by atoms with van der Waals surface area (Å²) in [5.41, 5.74) is 0.319. The van der Waals surface area contributed by atoms with Crippen LogP contribution in [0.1, 0.15) is 18.4 Å². The van der Waals surface area contributed by atoms with Crippen LogP contribution in [0.25, 0.3) is 0 Å². The largest absolute Gasteiger partial charge is 0.479 e. The summed E-state index contributed by atoms with van der Waals surface area (Å²) in [5, 5.41) is 17.4. The number of aliphatic hydroxyl groups excluding tert-OH is 1. The molecule has 0 fully saturated rings. The van der Waals surface area contributed by atoms with E-state index in [-0.39, 0.29) is 12.8 Å². The fraction of sp³-hybridized carbons (Fsp3) is 0.364. The van der Waals surface area contributed by atoms with Gasteiger partial charge in [-0.25, -0.2) is 13.6 Å². The third-order valence-electron chi connectivity index (χ3n) is 2.22. The summed E-state index contributed by atoms with van der Waals surface area (Å²) in [6.45, 7) is 0. The van der Waals surface area contributed by atoms with Gasteiger partial charge in [-0.1, -0.05) is 6.07 Å². The smallest absolute Gasteiger partial charge is 0.332 e. The monoisotopic (exact) mass is 230 g/mol. The maximum Gasteiger partial charge on any atom is 0.332 e. The number of rotatable bonds is 5. The molecular weight excluding hydrogens is 218 g/mol. The minimum absolute atomic E-state index is 0.0478. The summed E-state index contributed by atoms with van der Waals surface area (Å²) in [6.07, 6.45) is -0.776. The van der Waals surface area contributed by atoms with Crippen molar-refractivity contribution in [1.29, 1.82) is 0 Å². The lowest BCUT2D eigenvalue weighted by atomic mass is 10.1. The van der Waals surface area contributed by atoms with Gasteiger partial charge in [0.2, 0.25) is 0 Å². The molecule has 0 aliphatic rings. The van der Waals surface area contributed by atoms with Gasteiger partial charge >= 0.3 is 5.97 Å². The van der Waals surface area contributed by atoms with Crippen molar-refractivity contribution >= 4 is 5.97 Å². The van der Waals surface area contributed by atoms with E-state index in [1.807, 2.05) is 0 Å². The minimum atomic E-state index is -1.43. The van der Waals surface area contributed by atoms with E-state index in [0.29, 0.717) is 12.0 Å². The molecular formula is C11H12F2O3. The van der Waals surface area contributed by atoms with E-state index in [9.17, 15) is 13.6 Å². The summed E-state index contributed by atoms with van der Waals surface area (Å²) in [5.74, 6) is -2.59. The second-order valence-corrected chi connectivity index (χ2v) is 3.48. The first-order valence-electron chi connectivity index (χ1n) is 4.85. The first-order valence-corrected chi connectivity index (χ1v) is 4.85. The van der Waals surface area contributed by atoms with Crippen LogP contribution < -0.4 is 0 Å². The Morgan fingerprint density at radius 2 is 2.06 bits per heavy atom. The van der Waals surface area contributed by atoms with Gasteiger partial charge in [0.15, 0.2) is 6.10 Å². The Labute approximate surface area is 91.3 Å². The zero-order chi connectivity index (χ0) is 12.1. The highest BCUT2D eigenvalue weighted by molar-refractivity contribution is 5.71. The fourth-order valence-electron chi connectivity index (χ4n) is 1.33. The highest BCUT2D eigenvalue weighted by atomic mass is 19.1. The molecule has 0 bridgehead atoms. The number of aryl methyl sites for hydroxylation is 1. The number of hydrogen-bond acceptors (Lipinski definition) is 2. The molecule has 1 unspecified atom stereocenters. The molecule has 0 saturated heterocycles. The Bertz CT molecular complexity index is 379. The number of carbonyl (C=O) groups is 1. The van der Waals surface area contributed by atoms with Crippen LogP contribution in [0.15, 0.2) is 18.2 Å². The lowest BCUT2D eigenvalue weighted by Gasteiger charge is -2.06. The summed E-state index contributed by atoms with van der Waals surface area (Å²) < 4.78 is 25.7. The normalized spacial score (nSPS) is 12.4. The van der Waals surface area contributed by atoms with E-state index in [0.717, 1.165) is 12.1 Å². The highest BCUT2D eigenvalue weighted by Gasteiger charge is 2.12. The molecule has 1 rings (SSSR count). The van der Waals surface area contributed by atoms with Gasteiger partial charge in [-0.15, -0.1) is 0 Å².